The molecule has 0 saturated heterocycles. The van der Waals surface area contributed by atoms with Gasteiger partial charge in [0.05, 0.1) is 7.11 Å². The molecule has 0 bridgehead atoms. The third-order valence-corrected chi connectivity index (χ3v) is 5.76. The predicted octanol–water partition coefficient (Wildman–Crippen LogP) is 7.43. The molecule has 0 unspecified atom stereocenters. The van der Waals surface area contributed by atoms with E-state index in [2.05, 4.69) is 102 Å². The molecule has 0 heterocycles. The van der Waals surface area contributed by atoms with E-state index in [0.717, 1.165) is 11.3 Å². The second-order valence-corrected chi connectivity index (χ2v) is 8.69. The number of rotatable bonds is 5. The van der Waals surface area contributed by atoms with Crippen LogP contribution < -0.4 is 4.74 Å². The Balaban J connectivity index is 2.47. The van der Waals surface area contributed by atoms with Gasteiger partial charge >= 0.3 is 0 Å². The Morgan fingerprint density at radius 2 is 1.31 bits per heavy atom. The Morgan fingerprint density at radius 1 is 0.828 bits per heavy atom. The molecule has 0 aliphatic heterocycles. The first kappa shape index (κ1) is 20.9. The minimum Gasteiger partial charge on any atom is -0.496 e. The summed E-state index contributed by atoms with van der Waals surface area (Å²) >= 11 is 0. The van der Waals surface area contributed by atoms with Crippen LogP contribution in [0.5, 0.6) is 5.75 Å². The van der Waals surface area contributed by atoms with E-state index in [0.29, 0.717) is 0 Å². The van der Waals surface area contributed by atoms with Gasteiger partial charge in [0, 0.05) is 17.0 Å². The van der Waals surface area contributed by atoms with Gasteiger partial charge in [0.1, 0.15) is 5.75 Å². The van der Waals surface area contributed by atoms with Crippen molar-refractivity contribution in [1.29, 1.82) is 0 Å². The van der Waals surface area contributed by atoms with Crippen molar-refractivity contribution in [3.05, 3.63) is 106 Å². The van der Waals surface area contributed by atoms with Gasteiger partial charge in [0.15, 0.2) is 0 Å². The largest absolute Gasteiger partial charge is 0.496 e. The second-order valence-electron chi connectivity index (χ2n) is 8.69. The zero-order chi connectivity index (χ0) is 21.2. The van der Waals surface area contributed by atoms with E-state index < -0.39 is 0 Å². The molecule has 3 aromatic rings. The van der Waals surface area contributed by atoms with Crippen LogP contribution in [0.4, 0.5) is 0 Å². The highest BCUT2D eigenvalue weighted by Gasteiger charge is 2.30. The molecule has 1 heteroatoms. The van der Waals surface area contributed by atoms with E-state index in [4.69, 9.17) is 4.74 Å². The lowest BCUT2D eigenvalue weighted by Crippen LogP contribution is -2.20. The van der Waals surface area contributed by atoms with Gasteiger partial charge in [0.25, 0.3) is 0 Å². The fourth-order valence-electron chi connectivity index (χ4n) is 4.79. The lowest BCUT2D eigenvalue weighted by atomic mass is 9.73. The molecule has 0 fully saturated rings. The van der Waals surface area contributed by atoms with Gasteiger partial charge in [-0.15, -0.1) is 0 Å². The molecule has 0 amide bonds. The summed E-state index contributed by atoms with van der Waals surface area (Å²) in [6.45, 7) is 15.4. The third-order valence-electron chi connectivity index (χ3n) is 5.76. The van der Waals surface area contributed by atoms with E-state index in [9.17, 15) is 0 Å². The highest BCUT2D eigenvalue weighted by atomic mass is 16.5. The normalized spacial score (nSPS) is 11.6. The average molecular weight is 385 g/mol. The Hall–Kier alpha value is -2.80. The predicted molar refractivity (Wildman–Crippen MR) is 125 cm³/mol. The van der Waals surface area contributed by atoms with Crippen molar-refractivity contribution in [2.24, 2.45) is 0 Å². The summed E-state index contributed by atoms with van der Waals surface area (Å²) in [4.78, 5) is 0. The van der Waals surface area contributed by atoms with Gasteiger partial charge in [0.2, 0.25) is 0 Å². The van der Waals surface area contributed by atoms with Crippen LogP contribution in [0.15, 0.2) is 67.2 Å². The summed E-state index contributed by atoms with van der Waals surface area (Å²) in [5.74, 6) is 1.02. The Bertz CT molecular complexity index is 953. The van der Waals surface area contributed by atoms with Crippen LogP contribution >= 0.6 is 0 Å². The van der Waals surface area contributed by atoms with Crippen molar-refractivity contribution in [3.8, 4) is 5.75 Å². The average Bonchev–Trinajstić information content (AvgIpc) is 2.70. The van der Waals surface area contributed by atoms with E-state index in [1.807, 2.05) is 6.08 Å². The van der Waals surface area contributed by atoms with Gasteiger partial charge in [-0.1, -0.05) is 94.1 Å². The van der Waals surface area contributed by atoms with Crippen LogP contribution in [-0.2, 0) is 5.41 Å². The Kier molecular flexibility index (Phi) is 5.98. The lowest BCUT2D eigenvalue weighted by molar-refractivity contribution is 0.406. The molecule has 150 valence electrons. The van der Waals surface area contributed by atoms with Crippen molar-refractivity contribution in [2.75, 3.05) is 7.11 Å². The maximum absolute atomic E-state index is 6.05. The molecule has 3 rings (SSSR count). The standard InChI is InChI=1S/C28H32O/c1-8-23-19(2)26(28(4,5)6)20(3)24(27(23)29-7)25(21-15-11-9-12-16-21)22-17-13-10-14-18-22/h8-18,25H,1H2,2-7H3. The minimum absolute atomic E-state index is 0.0187. The highest BCUT2D eigenvalue weighted by molar-refractivity contribution is 5.70. The summed E-state index contributed by atoms with van der Waals surface area (Å²) in [5.41, 5.74) is 8.80. The maximum Gasteiger partial charge on any atom is 0.130 e. The first-order valence-electron chi connectivity index (χ1n) is 10.2. The smallest absolute Gasteiger partial charge is 0.130 e. The SMILES string of the molecule is C=Cc1c(C)c(C(C)(C)C)c(C)c(C(c2ccccc2)c2ccccc2)c1OC. The maximum atomic E-state index is 6.05. The van der Waals surface area contributed by atoms with Crippen molar-refractivity contribution < 1.29 is 4.74 Å². The molecular weight excluding hydrogens is 352 g/mol. The molecular formula is C28H32O. The third kappa shape index (κ3) is 3.87. The number of ether oxygens (including phenoxy) is 1. The fourth-order valence-corrected chi connectivity index (χ4v) is 4.79. The number of methoxy groups -OCH3 is 1. The topological polar surface area (TPSA) is 9.23 Å². The van der Waals surface area contributed by atoms with Crippen LogP contribution in [0.3, 0.4) is 0 Å². The van der Waals surface area contributed by atoms with Crippen molar-refractivity contribution >= 4 is 6.08 Å². The first-order chi connectivity index (χ1) is 13.8. The van der Waals surface area contributed by atoms with Gasteiger partial charge in [-0.2, -0.15) is 0 Å². The Labute approximate surface area is 176 Å². The van der Waals surface area contributed by atoms with Crippen LogP contribution in [0, 0.1) is 13.8 Å². The minimum atomic E-state index is 0.0187. The van der Waals surface area contributed by atoms with Gasteiger partial charge in [-0.3, -0.25) is 0 Å². The quantitative estimate of drug-likeness (QED) is 0.416. The van der Waals surface area contributed by atoms with Crippen molar-refractivity contribution in [2.45, 2.75) is 46.0 Å². The lowest BCUT2D eigenvalue weighted by Gasteiger charge is -2.32. The molecule has 0 aliphatic rings. The zero-order valence-corrected chi connectivity index (χ0v) is 18.5. The molecule has 1 nitrogen and oxygen atoms in total. The van der Waals surface area contributed by atoms with Gasteiger partial charge in [-0.25, -0.2) is 0 Å². The fraction of sp³-hybridized carbons (Fsp3) is 0.286. The van der Waals surface area contributed by atoms with Crippen LogP contribution in [0.2, 0.25) is 0 Å². The molecule has 0 saturated carbocycles. The summed E-state index contributed by atoms with van der Waals surface area (Å²) in [7, 11) is 1.77. The molecule has 0 atom stereocenters. The molecule has 0 N–H and O–H groups in total. The molecule has 0 aliphatic carbocycles. The molecule has 3 aromatic carbocycles. The van der Waals surface area contributed by atoms with E-state index in [1.54, 1.807) is 7.11 Å². The van der Waals surface area contributed by atoms with Crippen LogP contribution in [0.25, 0.3) is 6.08 Å². The van der Waals surface area contributed by atoms with E-state index >= 15 is 0 Å². The number of benzene rings is 3. The number of hydrogen-bond donors (Lipinski definition) is 0. The molecule has 0 radical (unpaired) electrons. The summed E-state index contributed by atoms with van der Waals surface area (Å²) < 4.78 is 6.05. The van der Waals surface area contributed by atoms with E-state index in [1.165, 1.54) is 33.4 Å². The second kappa shape index (κ2) is 8.29. The monoisotopic (exact) mass is 384 g/mol. The van der Waals surface area contributed by atoms with Gasteiger partial charge in [-0.05, 0) is 47.1 Å². The number of hydrogen-bond acceptors (Lipinski definition) is 1. The summed E-state index contributed by atoms with van der Waals surface area (Å²) in [6.07, 6.45) is 1.94. The van der Waals surface area contributed by atoms with Crippen LogP contribution in [0.1, 0.15) is 65.6 Å². The van der Waals surface area contributed by atoms with Crippen molar-refractivity contribution in [3.63, 3.8) is 0 Å². The Morgan fingerprint density at radius 3 is 1.69 bits per heavy atom. The summed E-state index contributed by atoms with van der Waals surface area (Å²) in [5, 5.41) is 0. The zero-order valence-electron chi connectivity index (χ0n) is 18.5. The molecule has 29 heavy (non-hydrogen) atoms. The van der Waals surface area contributed by atoms with E-state index in [-0.39, 0.29) is 11.3 Å². The van der Waals surface area contributed by atoms with Crippen LogP contribution in [-0.4, -0.2) is 7.11 Å². The first-order valence-corrected chi connectivity index (χ1v) is 10.2. The molecule has 0 aromatic heterocycles. The summed E-state index contributed by atoms with van der Waals surface area (Å²) in [6, 6.07) is 21.4. The molecule has 0 spiro atoms. The van der Waals surface area contributed by atoms with Gasteiger partial charge < -0.3 is 4.74 Å². The highest BCUT2D eigenvalue weighted by Crippen LogP contribution is 2.46. The van der Waals surface area contributed by atoms with Crippen molar-refractivity contribution in [1.82, 2.24) is 0 Å².